The molecule has 0 aliphatic heterocycles. The van der Waals surface area contributed by atoms with Crippen molar-refractivity contribution in [1.29, 1.82) is 0 Å². The van der Waals surface area contributed by atoms with Crippen LogP contribution < -0.4 is 21.3 Å². The van der Waals surface area contributed by atoms with E-state index in [4.69, 9.17) is 9.47 Å². The van der Waals surface area contributed by atoms with Gasteiger partial charge in [-0.25, -0.2) is 0 Å². The summed E-state index contributed by atoms with van der Waals surface area (Å²) in [7, 11) is 0. The van der Waals surface area contributed by atoms with Crippen molar-refractivity contribution in [3.8, 4) is 11.1 Å². The number of amides is 2. The van der Waals surface area contributed by atoms with E-state index in [0.717, 1.165) is 70.2 Å². The molecule has 0 spiro atoms. The molecule has 6 rings (SSSR count). The second-order valence-corrected chi connectivity index (χ2v) is 16.7. The number of nitrogens with one attached hydrogen (secondary N) is 4. The highest BCUT2D eigenvalue weighted by Crippen LogP contribution is 2.43. The highest BCUT2D eigenvalue weighted by Gasteiger charge is 2.31. The lowest BCUT2D eigenvalue weighted by Crippen LogP contribution is -2.41. The van der Waals surface area contributed by atoms with Gasteiger partial charge >= 0.3 is 11.9 Å². The van der Waals surface area contributed by atoms with Crippen LogP contribution in [0.2, 0.25) is 0 Å². The van der Waals surface area contributed by atoms with Crippen LogP contribution in [0.4, 0.5) is 11.4 Å². The predicted octanol–water partition coefficient (Wildman–Crippen LogP) is 8.37. The van der Waals surface area contributed by atoms with Crippen LogP contribution in [-0.4, -0.2) is 59.0 Å². The van der Waals surface area contributed by atoms with Crippen molar-refractivity contribution < 1.29 is 28.7 Å². The summed E-state index contributed by atoms with van der Waals surface area (Å²) in [5.74, 6) is -0.332. The van der Waals surface area contributed by atoms with Gasteiger partial charge in [-0.2, -0.15) is 0 Å². The maximum absolute atomic E-state index is 13.7. The monoisotopic (exact) mass is 816 g/mol. The van der Waals surface area contributed by atoms with E-state index in [9.17, 15) is 19.2 Å². The fourth-order valence-electron chi connectivity index (χ4n) is 7.68. The van der Waals surface area contributed by atoms with Gasteiger partial charge in [-0.3, -0.25) is 29.1 Å². The lowest BCUT2D eigenvalue weighted by molar-refractivity contribution is -0.147. The average Bonchev–Trinajstić information content (AvgIpc) is 4.15. The van der Waals surface area contributed by atoms with Crippen molar-refractivity contribution >= 4 is 35.1 Å². The molecule has 2 aliphatic rings. The van der Waals surface area contributed by atoms with Crippen LogP contribution >= 0.6 is 0 Å². The first-order valence-corrected chi connectivity index (χ1v) is 21.4. The molecular weight excluding hydrogens is 757 g/mol. The topological polar surface area (TPSA) is 161 Å². The lowest BCUT2D eigenvalue weighted by atomic mass is 9.94. The van der Waals surface area contributed by atoms with Crippen LogP contribution in [0.25, 0.3) is 11.1 Å². The molecule has 12 heteroatoms. The molecule has 0 saturated heterocycles. The minimum Gasteiger partial charge on any atom is -0.465 e. The van der Waals surface area contributed by atoms with Gasteiger partial charge in [0.05, 0.1) is 13.2 Å². The van der Waals surface area contributed by atoms with Crippen molar-refractivity contribution in [2.24, 2.45) is 11.8 Å². The summed E-state index contributed by atoms with van der Waals surface area (Å²) in [4.78, 5) is 61.7. The fourth-order valence-corrected chi connectivity index (χ4v) is 7.68. The number of hydrogen-bond acceptors (Lipinski definition) is 10. The first kappa shape index (κ1) is 44.1. The molecule has 2 aliphatic carbocycles. The van der Waals surface area contributed by atoms with Crippen molar-refractivity contribution in [2.75, 3.05) is 23.8 Å². The van der Waals surface area contributed by atoms with Gasteiger partial charge < -0.3 is 30.7 Å². The molecule has 4 aromatic rings. The van der Waals surface area contributed by atoms with Gasteiger partial charge in [-0.1, -0.05) is 52.0 Å². The average molecular weight is 817 g/mol. The maximum atomic E-state index is 13.7. The zero-order valence-corrected chi connectivity index (χ0v) is 36.2. The largest absolute Gasteiger partial charge is 0.465 e. The Morgan fingerprint density at radius 1 is 0.633 bits per heavy atom. The van der Waals surface area contributed by atoms with Gasteiger partial charge in [0.25, 0.3) is 11.8 Å². The molecule has 0 bridgehead atoms. The summed E-state index contributed by atoms with van der Waals surface area (Å²) < 4.78 is 10.6. The zero-order valence-electron chi connectivity index (χ0n) is 36.2. The summed E-state index contributed by atoms with van der Waals surface area (Å²) in [6.07, 6.45) is 7.67. The van der Waals surface area contributed by atoms with Gasteiger partial charge in [-0.05, 0) is 146 Å². The number of rotatable bonds is 19. The van der Waals surface area contributed by atoms with Crippen LogP contribution in [0.1, 0.15) is 133 Å². The Kier molecular flexibility index (Phi) is 14.5. The Hall–Kier alpha value is -5.46. The number of anilines is 2. The van der Waals surface area contributed by atoms with Crippen molar-refractivity contribution in [1.82, 2.24) is 20.6 Å². The third-order valence-electron chi connectivity index (χ3n) is 11.4. The second-order valence-electron chi connectivity index (χ2n) is 16.7. The number of esters is 2. The molecule has 2 saturated carbocycles. The molecule has 2 aromatic heterocycles. The molecule has 0 radical (unpaired) electrons. The first-order valence-electron chi connectivity index (χ1n) is 21.4. The summed E-state index contributed by atoms with van der Waals surface area (Å²) in [6.45, 7) is 17.0. The molecule has 60 heavy (non-hydrogen) atoms. The number of aromatic nitrogens is 2. The number of nitrogens with zero attached hydrogens (tertiary/aromatic N) is 2. The smallest absolute Gasteiger partial charge is 0.323 e. The van der Waals surface area contributed by atoms with Gasteiger partial charge in [0, 0.05) is 36.9 Å². The quantitative estimate of drug-likeness (QED) is 0.0677. The Balaban J connectivity index is 1.15. The molecule has 12 nitrogen and oxygen atoms in total. The van der Waals surface area contributed by atoms with E-state index < -0.39 is 12.1 Å². The highest BCUT2D eigenvalue weighted by atomic mass is 16.5. The van der Waals surface area contributed by atoms with E-state index >= 15 is 0 Å². The molecular formula is C48H60N6O6. The molecule has 2 fully saturated rings. The standard InChI is InChI=1S/C48H60N6O6/c1-9-59-47(57)43(27(3)4)51-25-33-23-49-41(21-37(33)31-17-18-31)45(55)53-39-15-11-13-35(29(39)7)36-14-12-16-40(30(36)8)54-46(56)42-22-38(32-19-20-32)34(24-50-42)26-52-44(28(5)6)48(58)60-10-2/h11-16,21-24,27-28,31-32,43-44,51-52H,9-10,17-20,25-26H2,1-8H3,(H,53,55)(H,54,56). The van der Waals surface area contributed by atoms with E-state index in [2.05, 4.69) is 31.2 Å². The van der Waals surface area contributed by atoms with Gasteiger partial charge in [0.15, 0.2) is 0 Å². The van der Waals surface area contributed by atoms with Crippen LogP contribution in [0, 0.1) is 25.7 Å². The Morgan fingerprint density at radius 2 is 1.02 bits per heavy atom. The summed E-state index contributed by atoms with van der Waals surface area (Å²) >= 11 is 0. The third kappa shape index (κ3) is 10.6. The summed E-state index contributed by atoms with van der Waals surface area (Å²) in [5.41, 5.74) is 9.67. The lowest BCUT2D eigenvalue weighted by Gasteiger charge is -2.21. The van der Waals surface area contributed by atoms with Gasteiger partial charge in [0.1, 0.15) is 23.5 Å². The number of hydrogen-bond donors (Lipinski definition) is 4. The Morgan fingerprint density at radius 3 is 1.35 bits per heavy atom. The van der Waals surface area contributed by atoms with Crippen LogP contribution in [0.15, 0.2) is 60.9 Å². The van der Waals surface area contributed by atoms with Crippen molar-refractivity contribution in [3.63, 3.8) is 0 Å². The molecule has 2 atom stereocenters. The summed E-state index contributed by atoms with van der Waals surface area (Å²) in [5, 5.41) is 12.9. The number of carbonyl (C=O) groups excluding carboxylic acids is 4. The molecule has 2 aromatic carbocycles. The summed E-state index contributed by atoms with van der Waals surface area (Å²) in [6, 6.07) is 14.5. The fraction of sp³-hybridized carbons (Fsp3) is 0.458. The predicted molar refractivity (Wildman–Crippen MR) is 234 cm³/mol. The highest BCUT2D eigenvalue weighted by molar-refractivity contribution is 6.05. The van der Waals surface area contributed by atoms with E-state index in [0.29, 0.717) is 60.9 Å². The second kappa shape index (κ2) is 19.7. The SMILES string of the molecule is CCOC(=O)C(NCc1cnc(C(=O)Nc2cccc(-c3cccc(NC(=O)c4cc(C5CC5)c(CNC(C(=O)OCC)C(C)C)cn4)c3C)c2C)cc1C1CC1)C(C)C. The molecule has 2 heterocycles. The maximum Gasteiger partial charge on any atom is 0.323 e. The van der Waals surface area contributed by atoms with Gasteiger partial charge in [0.2, 0.25) is 0 Å². The molecule has 2 unspecified atom stereocenters. The number of benzene rings is 2. The Bertz CT molecular complexity index is 2060. The number of pyridine rings is 2. The van der Waals surface area contributed by atoms with Gasteiger partial charge in [-0.15, -0.1) is 0 Å². The van der Waals surface area contributed by atoms with Crippen molar-refractivity contribution in [2.45, 2.75) is 118 Å². The number of carbonyl (C=O) groups is 4. The van der Waals surface area contributed by atoms with E-state index in [1.165, 1.54) is 0 Å². The van der Waals surface area contributed by atoms with E-state index in [-0.39, 0.29) is 35.6 Å². The minimum atomic E-state index is -0.441. The molecule has 2 amide bonds. The number of ether oxygens (including phenoxy) is 2. The minimum absolute atomic E-state index is 0.0511. The molecule has 318 valence electrons. The molecule has 4 N–H and O–H groups in total. The van der Waals surface area contributed by atoms with E-state index in [1.807, 2.05) is 90.1 Å². The third-order valence-corrected chi connectivity index (χ3v) is 11.4. The normalized spacial score (nSPS) is 14.8. The first-order chi connectivity index (χ1) is 28.8. The zero-order chi connectivity index (χ0) is 43.1. The van der Waals surface area contributed by atoms with Crippen LogP contribution in [0.3, 0.4) is 0 Å². The van der Waals surface area contributed by atoms with Crippen LogP contribution in [0.5, 0.6) is 0 Å². The van der Waals surface area contributed by atoms with E-state index in [1.54, 1.807) is 26.2 Å². The Labute approximate surface area is 354 Å². The van der Waals surface area contributed by atoms with Crippen LogP contribution in [-0.2, 0) is 32.2 Å². The van der Waals surface area contributed by atoms with Crippen molar-refractivity contribution in [3.05, 3.63) is 106 Å².